The number of ether oxygens (including phenoxy) is 1. The standard InChI is InChI=1S/C15H16N2O4/c1-20-15(19)13-7-3-2-6-12(13)14(18)16-8-4-5-11-9-17-21-10-11/h2-3,6-7,9-10H,4-5,8H2,1H3,(H,16,18). The first kappa shape index (κ1) is 14.8. The molecule has 0 aliphatic heterocycles. The van der Waals surface area contributed by atoms with Crippen molar-refractivity contribution < 1.29 is 18.8 Å². The summed E-state index contributed by atoms with van der Waals surface area (Å²) in [6.07, 6.45) is 4.75. The minimum absolute atomic E-state index is 0.261. The van der Waals surface area contributed by atoms with Gasteiger partial charge in [0.1, 0.15) is 6.26 Å². The number of carbonyl (C=O) groups excluding carboxylic acids is 2. The Hall–Kier alpha value is -2.63. The van der Waals surface area contributed by atoms with Gasteiger partial charge in [0.15, 0.2) is 0 Å². The lowest BCUT2D eigenvalue weighted by atomic mass is 10.1. The Kier molecular flexibility index (Phi) is 5.09. The Morgan fingerprint density at radius 1 is 1.29 bits per heavy atom. The highest BCUT2D eigenvalue weighted by atomic mass is 16.5. The zero-order chi connectivity index (χ0) is 15.1. The van der Waals surface area contributed by atoms with Crippen LogP contribution in [0.4, 0.5) is 0 Å². The molecule has 0 aliphatic carbocycles. The van der Waals surface area contributed by atoms with Crippen molar-refractivity contribution in [3.63, 3.8) is 0 Å². The molecule has 0 saturated carbocycles. The van der Waals surface area contributed by atoms with Crippen molar-refractivity contribution in [1.82, 2.24) is 10.5 Å². The van der Waals surface area contributed by atoms with Crippen molar-refractivity contribution >= 4 is 11.9 Å². The Morgan fingerprint density at radius 2 is 2.05 bits per heavy atom. The number of esters is 1. The van der Waals surface area contributed by atoms with Crippen molar-refractivity contribution in [3.8, 4) is 0 Å². The maximum atomic E-state index is 12.1. The predicted molar refractivity (Wildman–Crippen MR) is 74.9 cm³/mol. The second kappa shape index (κ2) is 7.23. The molecule has 21 heavy (non-hydrogen) atoms. The third kappa shape index (κ3) is 3.92. The average molecular weight is 288 g/mol. The molecule has 1 N–H and O–H groups in total. The highest BCUT2D eigenvalue weighted by Gasteiger charge is 2.16. The molecule has 0 unspecified atom stereocenters. The first-order valence-electron chi connectivity index (χ1n) is 6.56. The number of hydrogen-bond donors (Lipinski definition) is 1. The zero-order valence-corrected chi connectivity index (χ0v) is 11.7. The van der Waals surface area contributed by atoms with Gasteiger partial charge in [0.05, 0.1) is 24.4 Å². The summed E-state index contributed by atoms with van der Waals surface area (Å²) in [7, 11) is 1.29. The number of aromatic nitrogens is 1. The van der Waals surface area contributed by atoms with E-state index in [0.29, 0.717) is 12.1 Å². The molecule has 0 atom stereocenters. The van der Waals surface area contributed by atoms with E-state index >= 15 is 0 Å². The maximum absolute atomic E-state index is 12.1. The molecule has 2 rings (SSSR count). The van der Waals surface area contributed by atoms with E-state index in [1.165, 1.54) is 7.11 Å². The first-order valence-corrected chi connectivity index (χ1v) is 6.56. The molecule has 2 aromatic rings. The van der Waals surface area contributed by atoms with E-state index in [1.54, 1.807) is 36.7 Å². The second-order valence-corrected chi connectivity index (χ2v) is 4.43. The van der Waals surface area contributed by atoms with E-state index < -0.39 is 5.97 Å². The number of benzene rings is 1. The number of aryl methyl sites for hydroxylation is 1. The molecular weight excluding hydrogens is 272 g/mol. The van der Waals surface area contributed by atoms with Crippen LogP contribution < -0.4 is 5.32 Å². The Balaban J connectivity index is 1.90. The topological polar surface area (TPSA) is 81.4 Å². The van der Waals surface area contributed by atoms with Gasteiger partial charge in [-0.05, 0) is 25.0 Å². The van der Waals surface area contributed by atoms with Crippen molar-refractivity contribution in [2.24, 2.45) is 0 Å². The van der Waals surface area contributed by atoms with Gasteiger partial charge in [-0.25, -0.2) is 4.79 Å². The van der Waals surface area contributed by atoms with Crippen LogP contribution in [-0.4, -0.2) is 30.7 Å². The molecule has 1 amide bonds. The molecule has 1 aromatic carbocycles. The van der Waals surface area contributed by atoms with Gasteiger partial charge in [-0.3, -0.25) is 4.79 Å². The lowest BCUT2D eigenvalue weighted by Gasteiger charge is -2.08. The third-order valence-electron chi connectivity index (χ3n) is 2.99. The SMILES string of the molecule is COC(=O)c1ccccc1C(=O)NCCCc1cnoc1. The quantitative estimate of drug-likeness (QED) is 0.647. The molecule has 6 nitrogen and oxygen atoms in total. The molecule has 0 aliphatic rings. The van der Waals surface area contributed by atoms with Gasteiger partial charge in [0, 0.05) is 12.1 Å². The van der Waals surface area contributed by atoms with Crippen molar-refractivity contribution in [1.29, 1.82) is 0 Å². The van der Waals surface area contributed by atoms with Gasteiger partial charge >= 0.3 is 5.97 Å². The van der Waals surface area contributed by atoms with Crippen molar-refractivity contribution in [2.45, 2.75) is 12.8 Å². The fraction of sp³-hybridized carbons (Fsp3) is 0.267. The number of nitrogens with one attached hydrogen (secondary N) is 1. The van der Waals surface area contributed by atoms with Crippen LogP contribution in [0, 0.1) is 0 Å². The lowest BCUT2D eigenvalue weighted by Crippen LogP contribution is -2.26. The second-order valence-electron chi connectivity index (χ2n) is 4.43. The first-order chi connectivity index (χ1) is 10.2. The van der Waals surface area contributed by atoms with E-state index in [1.807, 2.05) is 0 Å². The number of rotatable bonds is 6. The number of methoxy groups -OCH3 is 1. The molecule has 110 valence electrons. The van der Waals surface area contributed by atoms with Gasteiger partial charge in [-0.1, -0.05) is 17.3 Å². The molecule has 0 radical (unpaired) electrons. The largest absolute Gasteiger partial charge is 0.465 e. The summed E-state index contributed by atoms with van der Waals surface area (Å²) in [5.41, 5.74) is 1.56. The summed E-state index contributed by atoms with van der Waals surface area (Å²) in [6, 6.07) is 6.56. The fourth-order valence-electron chi connectivity index (χ4n) is 1.91. The Morgan fingerprint density at radius 3 is 2.71 bits per heavy atom. The molecule has 0 saturated heterocycles. The summed E-state index contributed by atoms with van der Waals surface area (Å²) in [6.45, 7) is 0.500. The zero-order valence-electron chi connectivity index (χ0n) is 11.7. The summed E-state index contributed by atoms with van der Waals surface area (Å²) in [4.78, 5) is 23.7. The average Bonchev–Trinajstić information content (AvgIpc) is 3.04. The normalized spacial score (nSPS) is 10.1. The number of carbonyl (C=O) groups is 2. The van der Waals surface area contributed by atoms with Crippen LogP contribution in [0.1, 0.15) is 32.7 Å². The molecule has 0 spiro atoms. The predicted octanol–water partition coefficient (Wildman–Crippen LogP) is 1.82. The number of amides is 1. The Labute approximate surface area is 122 Å². The van der Waals surface area contributed by atoms with Gasteiger partial charge < -0.3 is 14.6 Å². The van der Waals surface area contributed by atoms with Crippen LogP contribution in [0.15, 0.2) is 41.2 Å². The molecule has 0 fully saturated rings. The van der Waals surface area contributed by atoms with Crippen LogP contribution in [0.5, 0.6) is 0 Å². The summed E-state index contributed by atoms with van der Waals surface area (Å²) >= 11 is 0. The van der Waals surface area contributed by atoms with Crippen molar-refractivity contribution in [2.75, 3.05) is 13.7 Å². The van der Waals surface area contributed by atoms with Crippen molar-refractivity contribution in [3.05, 3.63) is 53.4 Å². The monoisotopic (exact) mass is 288 g/mol. The third-order valence-corrected chi connectivity index (χ3v) is 2.99. The van der Waals surface area contributed by atoms with E-state index in [0.717, 1.165) is 18.4 Å². The smallest absolute Gasteiger partial charge is 0.338 e. The molecule has 1 aromatic heterocycles. The van der Waals surface area contributed by atoms with E-state index in [-0.39, 0.29) is 11.5 Å². The fourth-order valence-corrected chi connectivity index (χ4v) is 1.91. The van der Waals surface area contributed by atoms with E-state index in [2.05, 4.69) is 15.2 Å². The van der Waals surface area contributed by atoms with Gasteiger partial charge in [-0.15, -0.1) is 0 Å². The van der Waals surface area contributed by atoms with Crippen LogP contribution in [0.2, 0.25) is 0 Å². The van der Waals surface area contributed by atoms with Gasteiger partial charge in [0.25, 0.3) is 5.91 Å². The van der Waals surface area contributed by atoms with Crippen LogP contribution >= 0.6 is 0 Å². The van der Waals surface area contributed by atoms with Crippen LogP contribution in [-0.2, 0) is 11.2 Å². The van der Waals surface area contributed by atoms with Crippen LogP contribution in [0.3, 0.4) is 0 Å². The Bertz CT molecular complexity index is 608. The molecule has 6 heteroatoms. The minimum atomic E-state index is -0.523. The van der Waals surface area contributed by atoms with E-state index in [9.17, 15) is 9.59 Å². The van der Waals surface area contributed by atoms with Crippen LogP contribution in [0.25, 0.3) is 0 Å². The summed E-state index contributed by atoms with van der Waals surface area (Å²) in [5, 5.41) is 6.39. The summed E-state index contributed by atoms with van der Waals surface area (Å²) < 4.78 is 9.39. The van der Waals surface area contributed by atoms with E-state index in [4.69, 9.17) is 4.52 Å². The lowest BCUT2D eigenvalue weighted by molar-refractivity contribution is 0.0596. The number of nitrogens with zero attached hydrogens (tertiary/aromatic N) is 1. The minimum Gasteiger partial charge on any atom is -0.465 e. The maximum Gasteiger partial charge on any atom is 0.338 e. The number of hydrogen-bond acceptors (Lipinski definition) is 5. The van der Waals surface area contributed by atoms with Gasteiger partial charge in [-0.2, -0.15) is 0 Å². The highest BCUT2D eigenvalue weighted by Crippen LogP contribution is 2.10. The highest BCUT2D eigenvalue weighted by molar-refractivity contribution is 6.05. The molecule has 0 bridgehead atoms. The molecule has 1 heterocycles. The van der Waals surface area contributed by atoms with Gasteiger partial charge in [0.2, 0.25) is 0 Å². The molecular formula is C15H16N2O4. The summed E-state index contributed by atoms with van der Waals surface area (Å²) in [5.74, 6) is -0.813.